The smallest absolute Gasteiger partial charge is 0.139 e. The molecule has 0 amide bonds. The highest BCUT2D eigenvalue weighted by Gasteiger charge is 2.26. The Morgan fingerprint density at radius 3 is 2.70 bits per heavy atom. The Balaban J connectivity index is 1.80. The second-order valence-corrected chi connectivity index (χ2v) is 7.69. The first-order chi connectivity index (χ1) is 11.3. The van der Waals surface area contributed by atoms with Crippen LogP contribution < -0.4 is 5.32 Å². The maximum atomic E-state index is 13.1. The van der Waals surface area contributed by atoms with Crippen molar-refractivity contribution in [1.82, 2.24) is 15.3 Å². The molecule has 4 nitrogen and oxygen atoms in total. The summed E-state index contributed by atoms with van der Waals surface area (Å²) in [6.07, 6.45) is 5.32. The summed E-state index contributed by atoms with van der Waals surface area (Å²) in [4.78, 5) is 10.5. The molecular formula is C18H21N3OS. The third-order valence-corrected chi connectivity index (χ3v) is 6.11. The highest BCUT2D eigenvalue weighted by Crippen LogP contribution is 2.29. The molecule has 1 aliphatic carbocycles. The predicted molar refractivity (Wildman–Crippen MR) is 90.0 cm³/mol. The number of aromatic nitrogens is 2. The third kappa shape index (κ3) is 2.95. The van der Waals surface area contributed by atoms with Gasteiger partial charge >= 0.3 is 0 Å². The molecule has 0 bridgehead atoms. The van der Waals surface area contributed by atoms with Gasteiger partial charge in [0, 0.05) is 28.6 Å². The largest absolute Gasteiger partial charge is 0.316 e. The summed E-state index contributed by atoms with van der Waals surface area (Å²) in [5.41, 5.74) is 2.26. The van der Waals surface area contributed by atoms with E-state index in [-0.39, 0.29) is 0 Å². The molecule has 1 aromatic carbocycles. The van der Waals surface area contributed by atoms with Gasteiger partial charge in [0.25, 0.3) is 0 Å². The van der Waals surface area contributed by atoms with Gasteiger partial charge in [-0.2, -0.15) is 0 Å². The number of nitrogens with one attached hydrogen (secondary N) is 1. The molecule has 2 unspecified atom stereocenters. The van der Waals surface area contributed by atoms with Crippen molar-refractivity contribution in [2.24, 2.45) is 0 Å². The van der Waals surface area contributed by atoms with E-state index in [0.717, 1.165) is 65.8 Å². The number of fused-ring (bicyclic) bond motifs is 1. The summed E-state index contributed by atoms with van der Waals surface area (Å²) in [5, 5.41) is 4.13. The van der Waals surface area contributed by atoms with E-state index in [4.69, 9.17) is 9.97 Å². The molecule has 2 atom stereocenters. The standard InChI is InChI=1S/C18H21N3OS/c22-23(14-6-2-1-3-7-14)18-15-8-4-5-9-16(15)20-17(21-18)13-10-11-19-12-13/h1-3,6-7,13,19H,4-5,8-12H2. The highest BCUT2D eigenvalue weighted by atomic mass is 32.2. The number of hydrogen-bond donors (Lipinski definition) is 1. The molecule has 2 heterocycles. The van der Waals surface area contributed by atoms with Gasteiger partial charge < -0.3 is 5.32 Å². The minimum absolute atomic E-state index is 0.355. The Morgan fingerprint density at radius 2 is 1.91 bits per heavy atom. The van der Waals surface area contributed by atoms with Crippen molar-refractivity contribution in [3.05, 3.63) is 47.4 Å². The second kappa shape index (κ2) is 6.49. The molecular weight excluding hydrogens is 306 g/mol. The zero-order chi connectivity index (χ0) is 15.6. The van der Waals surface area contributed by atoms with Crippen molar-refractivity contribution in [3.8, 4) is 0 Å². The molecule has 120 valence electrons. The molecule has 1 saturated heterocycles. The van der Waals surface area contributed by atoms with E-state index in [0.29, 0.717) is 5.92 Å². The van der Waals surface area contributed by atoms with Crippen LogP contribution in [0, 0.1) is 0 Å². The van der Waals surface area contributed by atoms with E-state index in [9.17, 15) is 4.21 Å². The van der Waals surface area contributed by atoms with Gasteiger partial charge in [0.2, 0.25) is 0 Å². The molecule has 0 spiro atoms. The summed E-state index contributed by atoms with van der Waals surface area (Å²) >= 11 is 0. The quantitative estimate of drug-likeness (QED) is 0.881. The maximum Gasteiger partial charge on any atom is 0.139 e. The lowest BCUT2D eigenvalue weighted by Crippen LogP contribution is -2.18. The summed E-state index contributed by atoms with van der Waals surface area (Å²) in [7, 11) is -1.22. The van der Waals surface area contributed by atoms with Gasteiger partial charge in [0.1, 0.15) is 21.6 Å². The topological polar surface area (TPSA) is 54.9 Å². The maximum absolute atomic E-state index is 13.1. The number of rotatable bonds is 3. The van der Waals surface area contributed by atoms with Gasteiger partial charge in [0.15, 0.2) is 0 Å². The Bertz CT molecular complexity index is 727. The van der Waals surface area contributed by atoms with Crippen molar-refractivity contribution in [2.75, 3.05) is 13.1 Å². The average molecular weight is 327 g/mol. The Kier molecular flexibility index (Phi) is 4.23. The van der Waals surface area contributed by atoms with Gasteiger partial charge in [-0.25, -0.2) is 14.2 Å². The van der Waals surface area contributed by atoms with E-state index in [1.54, 1.807) is 0 Å². The van der Waals surface area contributed by atoms with Crippen LogP contribution in [0.15, 0.2) is 40.3 Å². The number of aryl methyl sites for hydroxylation is 1. The molecule has 1 N–H and O–H groups in total. The molecule has 0 saturated carbocycles. The van der Waals surface area contributed by atoms with Crippen LogP contribution in [0.1, 0.15) is 42.3 Å². The van der Waals surface area contributed by atoms with Crippen LogP contribution in [-0.4, -0.2) is 27.3 Å². The predicted octanol–water partition coefficient (Wildman–Crippen LogP) is 2.60. The van der Waals surface area contributed by atoms with Gasteiger partial charge in [-0.15, -0.1) is 0 Å². The SMILES string of the molecule is O=S(c1ccccc1)c1nc(C2CCNC2)nc2c1CCCC2. The lowest BCUT2D eigenvalue weighted by Gasteiger charge is -2.20. The molecule has 5 heteroatoms. The number of benzene rings is 1. The molecule has 1 fully saturated rings. The zero-order valence-corrected chi connectivity index (χ0v) is 13.9. The normalized spacial score (nSPS) is 21.8. The van der Waals surface area contributed by atoms with Crippen LogP contribution >= 0.6 is 0 Å². The van der Waals surface area contributed by atoms with E-state index in [1.807, 2.05) is 30.3 Å². The first-order valence-electron chi connectivity index (χ1n) is 8.40. The monoisotopic (exact) mass is 327 g/mol. The van der Waals surface area contributed by atoms with Crippen molar-refractivity contribution in [1.29, 1.82) is 0 Å². The molecule has 1 aromatic heterocycles. The number of hydrogen-bond acceptors (Lipinski definition) is 4. The van der Waals surface area contributed by atoms with Gasteiger partial charge in [-0.1, -0.05) is 18.2 Å². The first kappa shape index (κ1) is 15.0. The van der Waals surface area contributed by atoms with Crippen molar-refractivity contribution in [2.45, 2.75) is 47.9 Å². The molecule has 4 rings (SSSR count). The Morgan fingerprint density at radius 1 is 1.09 bits per heavy atom. The highest BCUT2D eigenvalue weighted by molar-refractivity contribution is 7.85. The number of nitrogens with zero attached hydrogens (tertiary/aromatic N) is 2. The van der Waals surface area contributed by atoms with Crippen LogP contribution in [0.4, 0.5) is 0 Å². The van der Waals surface area contributed by atoms with Crippen LogP contribution in [0.2, 0.25) is 0 Å². The molecule has 0 radical (unpaired) electrons. The fourth-order valence-electron chi connectivity index (χ4n) is 3.44. The van der Waals surface area contributed by atoms with Crippen LogP contribution in [0.5, 0.6) is 0 Å². The van der Waals surface area contributed by atoms with Gasteiger partial charge in [0.05, 0.1) is 0 Å². The lowest BCUT2D eigenvalue weighted by molar-refractivity contribution is 0.604. The lowest BCUT2D eigenvalue weighted by atomic mass is 9.97. The average Bonchev–Trinajstić information content (AvgIpc) is 3.15. The van der Waals surface area contributed by atoms with E-state index < -0.39 is 10.8 Å². The minimum atomic E-state index is -1.22. The second-order valence-electron chi connectivity index (χ2n) is 6.29. The molecule has 2 aromatic rings. The fourth-order valence-corrected chi connectivity index (χ4v) is 4.69. The van der Waals surface area contributed by atoms with Gasteiger partial charge in [-0.05, 0) is 50.8 Å². The fraction of sp³-hybridized carbons (Fsp3) is 0.444. The Hall–Kier alpha value is -1.59. The van der Waals surface area contributed by atoms with Crippen LogP contribution in [0.3, 0.4) is 0 Å². The Labute approximate surface area is 139 Å². The molecule has 2 aliphatic rings. The summed E-state index contributed by atoms with van der Waals surface area (Å²) in [6.45, 7) is 1.94. The first-order valence-corrected chi connectivity index (χ1v) is 9.55. The van der Waals surface area contributed by atoms with Crippen molar-refractivity contribution < 1.29 is 4.21 Å². The van der Waals surface area contributed by atoms with E-state index in [1.165, 1.54) is 6.42 Å². The van der Waals surface area contributed by atoms with Crippen LogP contribution in [0.25, 0.3) is 0 Å². The summed E-state index contributed by atoms with van der Waals surface area (Å²) < 4.78 is 13.1. The summed E-state index contributed by atoms with van der Waals surface area (Å²) in [6, 6.07) is 9.66. The zero-order valence-electron chi connectivity index (χ0n) is 13.1. The van der Waals surface area contributed by atoms with Crippen molar-refractivity contribution in [3.63, 3.8) is 0 Å². The minimum Gasteiger partial charge on any atom is -0.316 e. The molecule has 23 heavy (non-hydrogen) atoms. The third-order valence-electron chi connectivity index (χ3n) is 4.72. The summed E-state index contributed by atoms with van der Waals surface area (Å²) in [5.74, 6) is 1.24. The van der Waals surface area contributed by atoms with Crippen LogP contribution in [-0.2, 0) is 23.6 Å². The van der Waals surface area contributed by atoms with E-state index >= 15 is 0 Å². The van der Waals surface area contributed by atoms with Crippen molar-refractivity contribution >= 4 is 10.8 Å². The van der Waals surface area contributed by atoms with E-state index in [2.05, 4.69) is 5.32 Å². The van der Waals surface area contributed by atoms with Gasteiger partial charge in [-0.3, -0.25) is 0 Å². The molecule has 1 aliphatic heterocycles.